The van der Waals surface area contributed by atoms with Crippen LogP contribution < -0.4 is 0 Å². The Morgan fingerprint density at radius 3 is 2.50 bits per heavy atom. The van der Waals surface area contributed by atoms with E-state index in [1.54, 1.807) is 0 Å². The van der Waals surface area contributed by atoms with Crippen LogP contribution in [0.5, 0.6) is 0 Å². The molecule has 16 heavy (non-hydrogen) atoms. The lowest BCUT2D eigenvalue weighted by molar-refractivity contribution is 0.0966. The van der Waals surface area contributed by atoms with Crippen molar-refractivity contribution in [1.82, 2.24) is 0 Å². The van der Waals surface area contributed by atoms with E-state index in [2.05, 4.69) is 20.8 Å². The molecule has 1 rings (SSSR count). The third-order valence-corrected chi connectivity index (χ3v) is 2.63. The van der Waals surface area contributed by atoms with Crippen LogP contribution in [0.2, 0.25) is 5.02 Å². The van der Waals surface area contributed by atoms with E-state index in [1.807, 2.05) is 0 Å². The van der Waals surface area contributed by atoms with Crippen molar-refractivity contribution in [3.8, 4) is 0 Å². The van der Waals surface area contributed by atoms with Gasteiger partial charge in [-0.2, -0.15) is 0 Å². The number of halogens is 2. The van der Waals surface area contributed by atoms with Crippen LogP contribution in [0, 0.1) is 11.2 Å². The van der Waals surface area contributed by atoms with Crippen molar-refractivity contribution in [3.05, 3.63) is 34.6 Å². The molecule has 0 heterocycles. The number of ketones is 1. The fraction of sp³-hybridized carbons (Fsp3) is 0.462. The normalized spacial score (nSPS) is 11.6. The van der Waals surface area contributed by atoms with Crippen LogP contribution in [0.3, 0.4) is 0 Å². The summed E-state index contributed by atoms with van der Waals surface area (Å²) >= 11 is 5.62. The van der Waals surface area contributed by atoms with Gasteiger partial charge >= 0.3 is 0 Å². The number of Topliss-reactive ketones (excluding diaryl/α,β-unsaturated/α-hetero) is 1. The van der Waals surface area contributed by atoms with Crippen LogP contribution in [-0.2, 0) is 0 Å². The van der Waals surface area contributed by atoms with Crippen molar-refractivity contribution in [2.45, 2.75) is 33.6 Å². The number of hydrogen-bond donors (Lipinski definition) is 0. The third-order valence-electron chi connectivity index (χ3n) is 2.34. The molecular weight excluding hydrogens is 227 g/mol. The second kappa shape index (κ2) is 4.96. The molecule has 1 aromatic rings. The van der Waals surface area contributed by atoms with Crippen molar-refractivity contribution < 1.29 is 9.18 Å². The molecule has 0 aliphatic heterocycles. The van der Waals surface area contributed by atoms with Gasteiger partial charge in [-0.05, 0) is 30.0 Å². The predicted molar refractivity (Wildman–Crippen MR) is 64.4 cm³/mol. The van der Waals surface area contributed by atoms with Gasteiger partial charge < -0.3 is 0 Å². The highest BCUT2D eigenvalue weighted by Gasteiger charge is 2.14. The molecule has 0 N–H and O–H groups in total. The van der Waals surface area contributed by atoms with Crippen LogP contribution in [0.1, 0.15) is 44.0 Å². The Morgan fingerprint density at radius 1 is 1.38 bits per heavy atom. The smallest absolute Gasteiger partial charge is 0.162 e. The minimum Gasteiger partial charge on any atom is -0.294 e. The van der Waals surface area contributed by atoms with E-state index in [1.165, 1.54) is 18.2 Å². The van der Waals surface area contributed by atoms with Gasteiger partial charge in [0.2, 0.25) is 0 Å². The van der Waals surface area contributed by atoms with Crippen LogP contribution in [0.25, 0.3) is 0 Å². The first-order chi connectivity index (χ1) is 7.29. The highest BCUT2D eigenvalue weighted by molar-refractivity contribution is 6.31. The Kier molecular flexibility index (Phi) is 4.09. The molecule has 0 bridgehead atoms. The summed E-state index contributed by atoms with van der Waals surface area (Å²) < 4.78 is 12.9. The van der Waals surface area contributed by atoms with Gasteiger partial charge in [0.1, 0.15) is 5.82 Å². The van der Waals surface area contributed by atoms with Crippen molar-refractivity contribution >= 4 is 17.4 Å². The predicted octanol–water partition coefficient (Wildman–Crippen LogP) is 4.49. The van der Waals surface area contributed by atoms with Gasteiger partial charge in [0, 0.05) is 12.0 Å². The lowest BCUT2D eigenvalue weighted by atomic mass is 9.88. The Balaban J connectivity index is 2.70. The summed E-state index contributed by atoms with van der Waals surface area (Å²) in [6, 6.07) is 4.10. The van der Waals surface area contributed by atoms with E-state index in [-0.39, 0.29) is 16.2 Å². The maximum absolute atomic E-state index is 12.9. The number of hydrogen-bond acceptors (Lipinski definition) is 1. The number of carbonyl (C=O) groups excluding carboxylic acids is 1. The standard InChI is InChI=1S/C13H16ClFO/c1-13(2,3)7-6-12(16)9-4-5-11(15)10(14)8-9/h4-5,8H,6-7H2,1-3H3. The van der Waals surface area contributed by atoms with Crippen LogP contribution in [-0.4, -0.2) is 5.78 Å². The summed E-state index contributed by atoms with van der Waals surface area (Å²) in [5, 5.41) is 0.00149. The Morgan fingerprint density at radius 2 is 2.00 bits per heavy atom. The molecule has 0 unspecified atom stereocenters. The van der Waals surface area contributed by atoms with Gasteiger partial charge in [-0.3, -0.25) is 4.79 Å². The van der Waals surface area contributed by atoms with Gasteiger partial charge in [0.05, 0.1) is 5.02 Å². The first kappa shape index (κ1) is 13.2. The van der Waals surface area contributed by atoms with Crippen LogP contribution in [0.4, 0.5) is 4.39 Å². The molecule has 0 aliphatic carbocycles. The molecule has 1 aromatic carbocycles. The first-order valence-electron chi connectivity index (χ1n) is 5.28. The van der Waals surface area contributed by atoms with E-state index in [0.29, 0.717) is 12.0 Å². The summed E-state index contributed by atoms with van der Waals surface area (Å²) in [5.74, 6) is -0.481. The molecule has 0 amide bonds. The topological polar surface area (TPSA) is 17.1 Å². The minimum absolute atomic E-state index is 0.00149. The molecule has 0 saturated carbocycles. The average molecular weight is 243 g/mol. The maximum atomic E-state index is 12.9. The van der Waals surface area contributed by atoms with E-state index in [9.17, 15) is 9.18 Å². The Labute approximate surface area is 101 Å². The molecule has 88 valence electrons. The lowest BCUT2D eigenvalue weighted by Gasteiger charge is -2.17. The fourth-order valence-corrected chi connectivity index (χ4v) is 1.48. The SMILES string of the molecule is CC(C)(C)CCC(=O)c1ccc(F)c(Cl)c1. The largest absolute Gasteiger partial charge is 0.294 e. The molecular formula is C13H16ClFO. The van der Waals surface area contributed by atoms with Gasteiger partial charge in [0.25, 0.3) is 0 Å². The van der Waals surface area contributed by atoms with E-state index in [4.69, 9.17) is 11.6 Å². The fourth-order valence-electron chi connectivity index (χ4n) is 1.30. The highest BCUT2D eigenvalue weighted by Crippen LogP contribution is 2.23. The van der Waals surface area contributed by atoms with E-state index >= 15 is 0 Å². The zero-order valence-electron chi connectivity index (χ0n) is 9.81. The van der Waals surface area contributed by atoms with Gasteiger partial charge in [0.15, 0.2) is 5.78 Å². The van der Waals surface area contributed by atoms with Crippen molar-refractivity contribution in [2.24, 2.45) is 5.41 Å². The average Bonchev–Trinajstić information content (AvgIpc) is 2.17. The monoisotopic (exact) mass is 242 g/mol. The second-order valence-electron chi connectivity index (χ2n) is 5.11. The quantitative estimate of drug-likeness (QED) is 0.714. The molecule has 0 spiro atoms. The molecule has 0 atom stereocenters. The molecule has 0 fully saturated rings. The van der Waals surface area contributed by atoms with Crippen molar-refractivity contribution in [1.29, 1.82) is 0 Å². The Bertz CT molecular complexity index is 393. The third kappa shape index (κ3) is 3.93. The van der Waals surface area contributed by atoms with Gasteiger partial charge in [-0.25, -0.2) is 4.39 Å². The minimum atomic E-state index is -0.492. The molecule has 1 nitrogen and oxygen atoms in total. The number of carbonyl (C=O) groups is 1. The second-order valence-corrected chi connectivity index (χ2v) is 5.52. The number of rotatable bonds is 3. The van der Waals surface area contributed by atoms with Crippen molar-refractivity contribution in [3.63, 3.8) is 0 Å². The summed E-state index contributed by atoms with van der Waals surface area (Å²) in [6.45, 7) is 6.24. The van der Waals surface area contributed by atoms with E-state index < -0.39 is 5.82 Å². The zero-order chi connectivity index (χ0) is 12.3. The summed E-state index contributed by atoms with van der Waals surface area (Å²) in [5.41, 5.74) is 0.607. The van der Waals surface area contributed by atoms with Gasteiger partial charge in [-0.15, -0.1) is 0 Å². The maximum Gasteiger partial charge on any atom is 0.162 e. The van der Waals surface area contributed by atoms with Crippen LogP contribution in [0.15, 0.2) is 18.2 Å². The summed E-state index contributed by atoms with van der Waals surface area (Å²) in [7, 11) is 0. The summed E-state index contributed by atoms with van der Waals surface area (Å²) in [6.07, 6.45) is 1.27. The molecule has 3 heteroatoms. The number of benzene rings is 1. The van der Waals surface area contributed by atoms with Crippen molar-refractivity contribution in [2.75, 3.05) is 0 Å². The zero-order valence-corrected chi connectivity index (χ0v) is 10.6. The molecule has 0 saturated heterocycles. The highest BCUT2D eigenvalue weighted by atomic mass is 35.5. The van der Waals surface area contributed by atoms with E-state index in [0.717, 1.165) is 6.42 Å². The Hall–Kier alpha value is -0.890. The lowest BCUT2D eigenvalue weighted by Crippen LogP contribution is -2.09. The first-order valence-corrected chi connectivity index (χ1v) is 5.66. The summed E-state index contributed by atoms with van der Waals surface area (Å²) in [4.78, 5) is 11.8. The van der Waals surface area contributed by atoms with Gasteiger partial charge in [-0.1, -0.05) is 32.4 Å². The molecule has 0 aromatic heterocycles. The molecule has 0 radical (unpaired) electrons. The molecule has 0 aliphatic rings. The van der Waals surface area contributed by atoms with Crippen LogP contribution >= 0.6 is 11.6 Å².